The fourth-order valence-corrected chi connectivity index (χ4v) is 1.95. The standard InChI is InChI=1S/C16H20N6O3/c1-3-22(4-2)16(24)25-13-9-12(14(17)19-15(13)18)21-20-10-5-7-11(23)8-6-10/h5-9,23H,3-4H2,1-2H3,(H4,17,18,19)/b21-20+. The van der Waals surface area contributed by atoms with Gasteiger partial charge in [0, 0.05) is 19.2 Å². The number of azo groups is 1. The number of amides is 1. The zero-order valence-corrected chi connectivity index (χ0v) is 14.0. The number of phenolic OH excluding ortho intramolecular Hbond substituents is 1. The highest BCUT2D eigenvalue weighted by Gasteiger charge is 2.16. The summed E-state index contributed by atoms with van der Waals surface area (Å²) in [6, 6.07) is 7.54. The lowest BCUT2D eigenvalue weighted by atomic mass is 10.3. The smallest absolute Gasteiger partial charge is 0.415 e. The van der Waals surface area contributed by atoms with Crippen LogP contribution in [0.5, 0.6) is 11.5 Å². The van der Waals surface area contributed by atoms with Crippen LogP contribution in [-0.4, -0.2) is 34.2 Å². The van der Waals surface area contributed by atoms with Crippen molar-refractivity contribution in [3.8, 4) is 11.5 Å². The molecule has 0 fully saturated rings. The third kappa shape index (κ3) is 4.56. The molecular weight excluding hydrogens is 324 g/mol. The van der Waals surface area contributed by atoms with E-state index in [1.807, 2.05) is 13.8 Å². The Hall–Kier alpha value is -3.36. The Morgan fingerprint density at radius 3 is 2.40 bits per heavy atom. The van der Waals surface area contributed by atoms with Gasteiger partial charge in [0.05, 0.1) is 5.69 Å². The summed E-state index contributed by atoms with van der Waals surface area (Å²) in [5.74, 6) is 0.230. The molecule has 9 heteroatoms. The summed E-state index contributed by atoms with van der Waals surface area (Å²) in [6.45, 7) is 4.69. The molecule has 1 amide bonds. The van der Waals surface area contributed by atoms with Crippen molar-refractivity contribution >= 4 is 29.1 Å². The van der Waals surface area contributed by atoms with E-state index in [0.29, 0.717) is 18.8 Å². The van der Waals surface area contributed by atoms with Gasteiger partial charge in [0.15, 0.2) is 17.4 Å². The molecule has 0 spiro atoms. The zero-order chi connectivity index (χ0) is 18.4. The number of anilines is 2. The molecule has 2 aromatic rings. The molecule has 2 rings (SSSR count). The maximum absolute atomic E-state index is 12.0. The first kappa shape index (κ1) is 18.0. The summed E-state index contributed by atoms with van der Waals surface area (Å²) in [6.07, 6.45) is -0.537. The minimum absolute atomic E-state index is 0.0124. The summed E-state index contributed by atoms with van der Waals surface area (Å²) in [5.41, 5.74) is 12.3. The highest BCUT2D eigenvalue weighted by atomic mass is 16.6. The Kier molecular flexibility index (Phi) is 5.72. The van der Waals surface area contributed by atoms with Gasteiger partial charge < -0.3 is 26.2 Å². The first-order chi connectivity index (χ1) is 11.9. The summed E-state index contributed by atoms with van der Waals surface area (Å²) in [4.78, 5) is 17.5. The van der Waals surface area contributed by atoms with Gasteiger partial charge in [-0.05, 0) is 38.1 Å². The van der Waals surface area contributed by atoms with E-state index in [0.717, 1.165) is 0 Å². The van der Waals surface area contributed by atoms with Crippen molar-refractivity contribution in [1.29, 1.82) is 0 Å². The molecule has 1 aromatic carbocycles. The van der Waals surface area contributed by atoms with Crippen LogP contribution in [0.15, 0.2) is 40.6 Å². The first-order valence-electron chi connectivity index (χ1n) is 7.68. The molecule has 1 heterocycles. The molecule has 25 heavy (non-hydrogen) atoms. The lowest BCUT2D eigenvalue weighted by Gasteiger charge is -2.18. The third-order valence-corrected chi connectivity index (χ3v) is 3.37. The monoisotopic (exact) mass is 344 g/mol. The van der Waals surface area contributed by atoms with Crippen LogP contribution in [0.4, 0.5) is 27.8 Å². The lowest BCUT2D eigenvalue weighted by molar-refractivity contribution is 0.157. The number of hydrogen-bond donors (Lipinski definition) is 3. The van der Waals surface area contributed by atoms with Crippen molar-refractivity contribution in [3.05, 3.63) is 30.3 Å². The van der Waals surface area contributed by atoms with E-state index in [9.17, 15) is 9.90 Å². The number of nitrogens with two attached hydrogens (primary N) is 2. The second kappa shape index (κ2) is 7.95. The normalized spacial score (nSPS) is 10.8. The highest BCUT2D eigenvalue weighted by Crippen LogP contribution is 2.32. The van der Waals surface area contributed by atoms with Gasteiger partial charge >= 0.3 is 6.09 Å². The molecule has 0 aliphatic rings. The van der Waals surface area contributed by atoms with Gasteiger partial charge in [-0.2, -0.15) is 5.11 Å². The van der Waals surface area contributed by atoms with Crippen molar-refractivity contribution in [1.82, 2.24) is 9.88 Å². The van der Waals surface area contributed by atoms with Gasteiger partial charge in [0.25, 0.3) is 0 Å². The van der Waals surface area contributed by atoms with E-state index < -0.39 is 6.09 Å². The molecule has 9 nitrogen and oxygen atoms in total. The zero-order valence-electron chi connectivity index (χ0n) is 14.0. The summed E-state index contributed by atoms with van der Waals surface area (Å²) in [7, 11) is 0. The van der Waals surface area contributed by atoms with Crippen LogP contribution >= 0.6 is 0 Å². The molecule has 0 saturated heterocycles. The molecule has 1 aromatic heterocycles. The molecule has 0 aliphatic heterocycles. The van der Waals surface area contributed by atoms with E-state index in [1.54, 1.807) is 12.1 Å². The average molecular weight is 344 g/mol. The molecule has 0 saturated carbocycles. The van der Waals surface area contributed by atoms with Gasteiger partial charge in [-0.3, -0.25) is 0 Å². The number of carbonyl (C=O) groups excluding carboxylic acids is 1. The summed E-state index contributed by atoms with van der Waals surface area (Å²) >= 11 is 0. The van der Waals surface area contributed by atoms with Crippen LogP contribution < -0.4 is 16.2 Å². The molecule has 0 radical (unpaired) electrons. The van der Waals surface area contributed by atoms with Gasteiger partial charge in [0.1, 0.15) is 11.4 Å². The Morgan fingerprint density at radius 1 is 1.16 bits per heavy atom. The van der Waals surface area contributed by atoms with Gasteiger partial charge in [-0.1, -0.05) is 0 Å². The predicted molar refractivity (Wildman–Crippen MR) is 94.3 cm³/mol. The second-order valence-electron chi connectivity index (χ2n) is 5.03. The Labute approximate surface area is 144 Å². The van der Waals surface area contributed by atoms with Crippen molar-refractivity contribution < 1.29 is 14.6 Å². The maximum Gasteiger partial charge on any atom is 0.415 e. The average Bonchev–Trinajstić information content (AvgIpc) is 2.59. The maximum atomic E-state index is 12.0. The van der Waals surface area contributed by atoms with Gasteiger partial charge in [-0.15, -0.1) is 5.11 Å². The Balaban J connectivity index is 2.24. The van der Waals surface area contributed by atoms with Crippen LogP contribution in [0.1, 0.15) is 13.8 Å². The van der Waals surface area contributed by atoms with Crippen LogP contribution in [0.3, 0.4) is 0 Å². The van der Waals surface area contributed by atoms with E-state index in [1.165, 1.54) is 23.1 Å². The second-order valence-corrected chi connectivity index (χ2v) is 5.03. The number of rotatable bonds is 5. The van der Waals surface area contributed by atoms with E-state index in [-0.39, 0.29) is 28.8 Å². The molecule has 0 atom stereocenters. The van der Waals surface area contributed by atoms with Crippen LogP contribution in [0, 0.1) is 0 Å². The van der Waals surface area contributed by atoms with E-state index in [2.05, 4.69) is 15.2 Å². The molecular formula is C16H20N6O3. The number of benzene rings is 1. The van der Waals surface area contributed by atoms with Gasteiger partial charge in [-0.25, -0.2) is 9.78 Å². The lowest BCUT2D eigenvalue weighted by Crippen LogP contribution is -2.33. The highest BCUT2D eigenvalue weighted by molar-refractivity contribution is 5.75. The van der Waals surface area contributed by atoms with Crippen molar-refractivity contribution in [2.24, 2.45) is 10.2 Å². The van der Waals surface area contributed by atoms with Crippen LogP contribution in [-0.2, 0) is 0 Å². The van der Waals surface area contributed by atoms with E-state index in [4.69, 9.17) is 16.2 Å². The first-order valence-corrected chi connectivity index (χ1v) is 7.68. The molecule has 0 unspecified atom stereocenters. The molecule has 0 bridgehead atoms. The summed E-state index contributed by atoms with van der Waals surface area (Å²) < 4.78 is 5.26. The number of nitrogens with zero attached hydrogens (tertiary/aromatic N) is 4. The van der Waals surface area contributed by atoms with E-state index >= 15 is 0 Å². The number of phenols is 1. The SMILES string of the molecule is CCN(CC)C(=O)Oc1cc(/N=N/c2ccc(O)cc2)c(N)nc1N. The fourth-order valence-electron chi connectivity index (χ4n) is 1.95. The predicted octanol–water partition coefficient (Wildman–Crippen LogP) is 3.21. The number of carbonyl (C=O) groups is 1. The summed E-state index contributed by atoms with van der Waals surface area (Å²) in [5, 5.41) is 17.2. The Bertz CT molecular complexity index is 772. The largest absolute Gasteiger partial charge is 0.508 e. The Morgan fingerprint density at radius 2 is 1.80 bits per heavy atom. The number of ether oxygens (including phenoxy) is 1. The third-order valence-electron chi connectivity index (χ3n) is 3.37. The minimum Gasteiger partial charge on any atom is -0.508 e. The molecule has 0 aliphatic carbocycles. The van der Waals surface area contributed by atoms with Crippen LogP contribution in [0.2, 0.25) is 0 Å². The number of aromatic nitrogens is 1. The molecule has 132 valence electrons. The number of aromatic hydroxyl groups is 1. The number of hydrogen-bond acceptors (Lipinski definition) is 8. The fraction of sp³-hybridized carbons (Fsp3) is 0.250. The quantitative estimate of drug-likeness (QED) is 0.711. The van der Waals surface area contributed by atoms with Gasteiger partial charge in [0.2, 0.25) is 0 Å². The number of pyridine rings is 1. The molecule has 5 N–H and O–H groups in total. The van der Waals surface area contributed by atoms with Crippen LogP contribution in [0.25, 0.3) is 0 Å². The minimum atomic E-state index is -0.537. The van der Waals surface area contributed by atoms with Crippen molar-refractivity contribution in [2.75, 3.05) is 24.6 Å². The van der Waals surface area contributed by atoms with Crippen molar-refractivity contribution in [2.45, 2.75) is 13.8 Å². The number of nitrogen functional groups attached to an aromatic ring is 2. The van der Waals surface area contributed by atoms with Crippen molar-refractivity contribution in [3.63, 3.8) is 0 Å². The topological polar surface area (TPSA) is 139 Å².